The lowest BCUT2D eigenvalue weighted by Gasteiger charge is -2.28. The fourth-order valence-electron chi connectivity index (χ4n) is 2.73. The number of carbonyl (C=O) groups is 2. The number of amides is 2. The van der Waals surface area contributed by atoms with E-state index in [9.17, 15) is 14.0 Å². The van der Waals surface area contributed by atoms with Crippen molar-refractivity contribution < 1.29 is 14.0 Å². The fourth-order valence-corrected chi connectivity index (χ4v) is 3.91. The Hall–Kier alpha value is -1.76. The molecule has 1 unspecified atom stereocenters. The van der Waals surface area contributed by atoms with E-state index in [0.717, 1.165) is 17.5 Å². The molecule has 4 nitrogen and oxygen atoms in total. The van der Waals surface area contributed by atoms with Gasteiger partial charge in [-0.1, -0.05) is 48.3 Å². The Kier molecular flexibility index (Phi) is 9.95. The van der Waals surface area contributed by atoms with Crippen LogP contribution in [0.5, 0.6) is 0 Å². The van der Waals surface area contributed by atoms with Crippen molar-refractivity contribution >= 4 is 46.8 Å². The van der Waals surface area contributed by atoms with Crippen LogP contribution in [0.1, 0.15) is 31.4 Å². The maximum atomic E-state index is 13.2. The lowest BCUT2D eigenvalue weighted by Crippen LogP contribution is -2.48. The fraction of sp³-hybridized carbons (Fsp3) is 0.364. The first kappa shape index (κ1) is 24.5. The van der Waals surface area contributed by atoms with Crippen LogP contribution in [0.2, 0.25) is 10.0 Å². The predicted octanol–water partition coefficient (Wildman–Crippen LogP) is 5.31. The van der Waals surface area contributed by atoms with Gasteiger partial charge in [0.1, 0.15) is 11.9 Å². The van der Waals surface area contributed by atoms with E-state index in [1.807, 2.05) is 13.0 Å². The summed E-state index contributed by atoms with van der Waals surface area (Å²) in [6, 6.07) is 10.7. The van der Waals surface area contributed by atoms with Gasteiger partial charge in [-0.25, -0.2) is 4.39 Å². The molecule has 30 heavy (non-hydrogen) atoms. The van der Waals surface area contributed by atoms with Crippen LogP contribution in [-0.2, 0) is 21.9 Å². The van der Waals surface area contributed by atoms with Crippen LogP contribution >= 0.6 is 35.0 Å². The van der Waals surface area contributed by atoms with Crippen LogP contribution in [0.4, 0.5) is 4.39 Å². The van der Waals surface area contributed by atoms with Crippen LogP contribution in [0.15, 0.2) is 42.5 Å². The maximum Gasteiger partial charge on any atom is 0.242 e. The third-order valence-electron chi connectivity index (χ3n) is 4.46. The SMILES string of the molecule is CCCNC(=O)C(C)N(Cc1ccc(F)cc1)C(=O)CSCc1ccc(Cl)c(Cl)c1. The molecule has 0 aliphatic rings. The number of nitrogens with zero attached hydrogens (tertiary/aromatic N) is 1. The van der Waals surface area contributed by atoms with Crippen molar-refractivity contribution in [1.29, 1.82) is 0 Å². The van der Waals surface area contributed by atoms with Gasteiger partial charge in [0.15, 0.2) is 0 Å². The lowest BCUT2D eigenvalue weighted by molar-refractivity contribution is -0.138. The first-order chi connectivity index (χ1) is 14.3. The summed E-state index contributed by atoms with van der Waals surface area (Å²) in [5, 5.41) is 3.79. The molecule has 0 fully saturated rings. The molecular weight excluding hydrogens is 446 g/mol. The zero-order valence-corrected chi connectivity index (χ0v) is 19.3. The van der Waals surface area contributed by atoms with E-state index in [-0.39, 0.29) is 29.9 Å². The highest BCUT2D eigenvalue weighted by Crippen LogP contribution is 2.25. The monoisotopic (exact) mass is 470 g/mol. The normalized spacial score (nSPS) is 11.8. The highest BCUT2D eigenvalue weighted by molar-refractivity contribution is 7.99. The van der Waals surface area contributed by atoms with Gasteiger partial charge >= 0.3 is 0 Å². The van der Waals surface area contributed by atoms with Gasteiger partial charge in [-0.05, 0) is 48.7 Å². The van der Waals surface area contributed by atoms with Gasteiger partial charge in [0.25, 0.3) is 0 Å². The molecule has 2 rings (SSSR count). The average molecular weight is 471 g/mol. The minimum absolute atomic E-state index is 0.163. The topological polar surface area (TPSA) is 49.4 Å². The number of rotatable bonds is 10. The molecule has 0 saturated carbocycles. The predicted molar refractivity (Wildman–Crippen MR) is 122 cm³/mol. The molecule has 0 heterocycles. The molecule has 0 spiro atoms. The van der Waals surface area contributed by atoms with Gasteiger partial charge < -0.3 is 10.2 Å². The number of benzene rings is 2. The van der Waals surface area contributed by atoms with E-state index in [0.29, 0.717) is 22.3 Å². The Morgan fingerprint density at radius 3 is 2.40 bits per heavy atom. The Bertz CT molecular complexity index is 865. The van der Waals surface area contributed by atoms with Gasteiger partial charge in [0, 0.05) is 18.8 Å². The highest BCUT2D eigenvalue weighted by atomic mass is 35.5. The minimum atomic E-state index is -0.639. The molecule has 2 amide bonds. The first-order valence-electron chi connectivity index (χ1n) is 9.65. The summed E-state index contributed by atoms with van der Waals surface area (Å²) >= 11 is 13.4. The average Bonchev–Trinajstić information content (AvgIpc) is 2.73. The summed E-state index contributed by atoms with van der Waals surface area (Å²) in [4.78, 5) is 26.9. The van der Waals surface area contributed by atoms with Crippen molar-refractivity contribution in [3.8, 4) is 0 Å². The molecule has 2 aromatic rings. The number of thioether (sulfide) groups is 1. The second kappa shape index (κ2) is 12.2. The number of carbonyl (C=O) groups excluding carboxylic acids is 2. The molecular formula is C22H25Cl2FN2O2S. The van der Waals surface area contributed by atoms with E-state index in [1.54, 1.807) is 31.2 Å². The standard InChI is InChI=1S/C22H25Cl2FN2O2S/c1-3-10-26-22(29)15(2)27(12-16-4-7-18(25)8-5-16)21(28)14-30-13-17-6-9-19(23)20(24)11-17/h4-9,11,15H,3,10,12-14H2,1-2H3,(H,26,29). The molecule has 2 aromatic carbocycles. The second-order valence-corrected chi connectivity index (χ2v) is 8.66. The van der Waals surface area contributed by atoms with Crippen LogP contribution in [0, 0.1) is 5.82 Å². The quantitative estimate of drug-likeness (QED) is 0.511. The molecule has 0 bridgehead atoms. The summed E-state index contributed by atoms with van der Waals surface area (Å²) < 4.78 is 13.2. The molecule has 1 N–H and O–H groups in total. The lowest BCUT2D eigenvalue weighted by atomic mass is 10.1. The van der Waals surface area contributed by atoms with Crippen molar-refractivity contribution in [3.05, 3.63) is 69.5 Å². The van der Waals surface area contributed by atoms with E-state index >= 15 is 0 Å². The number of hydrogen-bond acceptors (Lipinski definition) is 3. The van der Waals surface area contributed by atoms with Gasteiger partial charge in [-0.15, -0.1) is 11.8 Å². The summed E-state index contributed by atoms with van der Waals surface area (Å²) in [5.74, 6) is 0.0730. The Morgan fingerprint density at radius 2 is 1.77 bits per heavy atom. The Balaban J connectivity index is 2.05. The van der Waals surface area contributed by atoms with Crippen molar-refractivity contribution in [2.75, 3.05) is 12.3 Å². The van der Waals surface area contributed by atoms with Gasteiger partial charge in [-0.3, -0.25) is 9.59 Å². The van der Waals surface area contributed by atoms with Crippen molar-refractivity contribution in [2.24, 2.45) is 0 Å². The number of hydrogen-bond donors (Lipinski definition) is 1. The highest BCUT2D eigenvalue weighted by Gasteiger charge is 2.25. The maximum absolute atomic E-state index is 13.2. The van der Waals surface area contributed by atoms with Crippen LogP contribution in [0.3, 0.4) is 0 Å². The molecule has 0 radical (unpaired) electrons. The van der Waals surface area contributed by atoms with Gasteiger partial charge in [-0.2, -0.15) is 0 Å². The van der Waals surface area contributed by atoms with E-state index in [2.05, 4.69) is 5.32 Å². The van der Waals surface area contributed by atoms with Crippen molar-refractivity contribution in [3.63, 3.8) is 0 Å². The zero-order chi connectivity index (χ0) is 22.1. The third-order valence-corrected chi connectivity index (χ3v) is 6.19. The smallest absolute Gasteiger partial charge is 0.242 e. The van der Waals surface area contributed by atoms with Crippen LogP contribution < -0.4 is 5.32 Å². The van der Waals surface area contributed by atoms with Crippen LogP contribution in [0.25, 0.3) is 0 Å². The third kappa shape index (κ3) is 7.49. The van der Waals surface area contributed by atoms with E-state index in [4.69, 9.17) is 23.2 Å². The van der Waals surface area contributed by atoms with E-state index in [1.165, 1.54) is 28.8 Å². The summed E-state index contributed by atoms with van der Waals surface area (Å²) in [7, 11) is 0. The molecule has 0 aromatic heterocycles. The first-order valence-corrected chi connectivity index (χ1v) is 11.6. The van der Waals surface area contributed by atoms with Crippen LogP contribution in [-0.4, -0.2) is 35.1 Å². The molecule has 8 heteroatoms. The number of nitrogens with one attached hydrogen (secondary N) is 1. The molecule has 1 atom stereocenters. The zero-order valence-electron chi connectivity index (χ0n) is 17.0. The van der Waals surface area contributed by atoms with Gasteiger partial charge in [0.2, 0.25) is 11.8 Å². The Morgan fingerprint density at radius 1 is 1.10 bits per heavy atom. The summed E-state index contributed by atoms with van der Waals surface area (Å²) in [6.45, 7) is 4.45. The molecule has 0 saturated heterocycles. The molecule has 0 aliphatic carbocycles. The molecule has 0 aliphatic heterocycles. The second-order valence-electron chi connectivity index (χ2n) is 6.86. The van der Waals surface area contributed by atoms with Crippen molar-refractivity contribution in [2.45, 2.75) is 38.6 Å². The largest absolute Gasteiger partial charge is 0.354 e. The Labute approximate surface area is 191 Å². The van der Waals surface area contributed by atoms with Crippen molar-refractivity contribution in [1.82, 2.24) is 10.2 Å². The summed E-state index contributed by atoms with van der Waals surface area (Å²) in [6.07, 6.45) is 0.809. The minimum Gasteiger partial charge on any atom is -0.354 e. The molecule has 162 valence electrons. The summed E-state index contributed by atoms with van der Waals surface area (Å²) in [5.41, 5.74) is 1.72. The van der Waals surface area contributed by atoms with E-state index < -0.39 is 6.04 Å². The van der Waals surface area contributed by atoms with Gasteiger partial charge in [0.05, 0.1) is 15.8 Å². The number of halogens is 3.